The van der Waals surface area contributed by atoms with Gasteiger partial charge in [-0.1, -0.05) is 19.1 Å². The summed E-state index contributed by atoms with van der Waals surface area (Å²) in [5.74, 6) is 0.709. The minimum absolute atomic E-state index is 0.160. The minimum atomic E-state index is -3.26. The second-order valence-electron chi connectivity index (χ2n) is 4.95. The number of nitrogens with one attached hydrogen (secondary N) is 1. The molecule has 0 unspecified atom stereocenters. The summed E-state index contributed by atoms with van der Waals surface area (Å²) < 4.78 is 35.0. The summed E-state index contributed by atoms with van der Waals surface area (Å²) in [6.45, 7) is 2.66. The number of rotatable bonds is 10. The smallest absolute Gasteiger partial charge is 0.257 e. The summed E-state index contributed by atoms with van der Waals surface area (Å²) in [5.41, 5.74) is 0. The SMILES string of the molecule is CCCN(CCNC(=O)COc1ccccc1OC)S(C)(=O)=O. The van der Waals surface area contributed by atoms with Crippen LogP contribution in [0.25, 0.3) is 0 Å². The molecule has 0 saturated heterocycles. The number of carbonyl (C=O) groups is 1. The van der Waals surface area contributed by atoms with Crippen molar-refractivity contribution in [1.29, 1.82) is 0 Å². The van der Waals surface area contributed by atoms with Gasteiger partial charge in [-0.25, -0.2) is 12.7 Å². The molecule has 0 atom stereocenters. The molecule has 1 amide bonds. The maximum Gasteiger partial charge on any atom is 0.257 e. The molecule has 0 radical (unpaired) electrons. The van der Waals surface area contributed by atoms with Gasteiger partial charge >= 0.3 is 0 Å². The molecule has 0 aliphatic carbocycles. The lowest BCUT2D eigenvalue weighted by atomic mass is 10.3. The van der Waals surface area contributed by atoms with Gasteiger partial charge in [0.2, 0.25) is 10.0 Å². The fraction of sp³-hybridized carbons (Fsp3) is 0.533. The van der Waals surface area contributed by atoms with Crippen LogP contribution in [0.3, 0.4) is 0 Å². The van der Waals surface area contributed by atoms with Crippen LogP contribution >= 0.6 is 0 Å². The molecule has 1 rings (SSSR count). The van der Waals surface area contributed by atoms with Crippen molar-refractivity contribution in [3.05, 3.63) is 24.3 Å². The maximum absolute atomic E-state index is 11.8. The van der Waals surface area contributed by atoms with Crippen LogP contribution in [0.2, 0.25) is 0 Å². The van der Waals surface area contributed by atoms with Gasteiger partial charge < -0.3 is 14.8 Å². The predicted octanol–water partition coefficient (Wildman–Crippen LogP) is 0.862. The van der Waals surface area contributed by atoms with Crippen molar-refractivity contribution in [1.82, 2.24) is 9.62 Å². The normalized spacial score (nSPS) is 11.3. The van der Waals surface area contributed by atoms with Crippen LogP contribution < -0.4 is 14.8 Å². The van der Waals surface area contributed by atoms with E-state index in [9.17, 15) is 13.2 Å². The second-order valence-corrected chi connectivity index (χ2v) is 6.93. The van der Waals surface area contributed by atoms with Crippen LogP contribution in [0.5, 0.6) is 11.5 Å². The number of hydrogen-bond donors (Lipinski definition) is 1. The van der Waals surface area contributed by atoms with Crippen molar-refractivity contribution in [2.24, 2.45) is 0 Å². The third kappa shape index (κ3) is 6.87. The molecule has 0 aromatic heterocycles. The molecule has 7 nitrogen and oxygen atoms in total. The first kappa shape index (κ1) is 19.2. The Morgan fingerprint density at radius 3 is 2.43 bits per heavy atom. The lowest BCUT2D eigenvalue weighted by Crippen LogP contribution is -2.39. The summed E-state index contributed by atoms with van der Waals surface area (Å²) >= 11 is 0. The van der Waals surface area contributed by atoms with E-state index in [0.29, 0.717) is 18.0 Å². The third-order valence-electron chi connectivity index (χ3n) is 3.05. The molecule has 1 aromatic carbocycles. The molecular weight excluding hydrogens is 320 g/mol. The summed E-state index contributed by atoms with van der Waals surface area (Å²) in [6, 6.07) is 7.03. The first-order valence-corrected chi connectivity index (χ1v) is 9.21. The molecule has 0 fully saturated rings. The van der Waals surface area contributed by atoms with Crippen LogP contribution in [0.1, 0.15) is 13.3 Å². The lowest BCUT2D eigenvalue weighted by Gasteiger charge is -2.19. The number of hydrogen-bond acceptors (Lipinski definition) is 5. The van der Waals surface area contributed by atoms with Crippen molar-refractivity contribution in [3.63, 3.8) is 0 Å². The quantitative estimate of drug-likeness (QED) is 0.680. The van der Waals surface area contributed by atoms with Gasteiger partial charge in [0.1, 0.15) is 0 Å². The van der Waals surface area contributed by atoms with Gasteiger partial charge in [0.15, 0.2) is 18.1 Å². The van der Waals surface area contributed by atoms with E-state index >= 15 is 0 Å². The van der Waals surface area contributed by atoms with E-state index in [2.05, 4.69) is 5.32 Å². The fourth-order valence-corrected chi connectivity index (χ4v) is 2.88. The average molecular weight is 344 g/mol. The molecule has 1 aromatic rings. The average Bonchev–Trinajstić information content (AvgIpc) is 2.51. The zero-order chi connectivity index (χ0) is 17.3. The molecule has 1 N–H and O–H groups in total. The fourth-order valence-electron chi connectivity index (χ4n) is 1.95. The number of sulfonamides is 1. The number of methoxy groups -OCH3 is 1. The molecular formula is C15H24N2O5S. The first-order valence-electron chi connectivity index (χ1n) is 7.36. The van der Waals surface area contributed by atoms with E-state index in [4.69, 9.17) is 9.47 Å². The first-order chi connectivity index (χ1) is 10.9. The van der Waals surface area contributed by atoms with Crippen LogP contribution in [-0.2, 0) is 14.8 Å². The molecule has 0 aliphatic rings. The zero-order valence-electron chi connectivity index (χ0n) is 13.7. The van der Waals surface area contributed by atoms with Gasteiger partial charge in [0, 0.05) is 19.6 Å². The van der Waals surface area contributed by atoms with Gasteiger partial charge in [-0.15, -0.1) is 0 Å². The number of para-hydroxylation sites is 2. The van der Waals surface area contributed by atoms with Crippen LogP contribution in [0.15, 0.2) is 24.3 Å². The van der Waals surface area contributed by atoms with Gasteiger partial charge in [-0.2, -0.15) is 0 Å². The predicted molar refractivity (Wildman–Crippen MR) is 88.2 cm³/mol. The van der Waals surface area contributed by atoms with Crippen LogP contribution in [0.4, 0.5) is 0 Å². The Morgan fingerprint density at radius 2 is 1.87 bits per heavy atom. The summed E-state index contributed by atoms with van der Waals surface area (Å²) in [5, 5.41) is 2.64. The highest BCUT2D eigenvalue weighted by Crippen LogP contribution is 2.25. The molecule has 23 heavy (non-hydrogen) atoms. The molecule has 0 aliphatic heterocycles. The van der Waals surface area contributed by atoms with Crippen molar-refractivity contribution in [2.75, 3.05) is 39.6 Å². The highest BCUT2D eigenvalue weighted by Gasteiger charge is 2.15. The van der Waals surface area contributed by atoms with E-state index in [1.54, 1.807) is 24.3 Å². The largest absolute Gasteiger partial charge is 0.493 e. The number of carbonyl (C=O) groups excluding carboxylic acids is 1. The Balaban J connectivity index is 2.40. The Kier molecular flexibility index (Phi) is 7.84. The summed E-state index contributed by atoms with van der Waals surface area (Å²) in [4.78, 5) is 11.8. The van der Waals surface area contributed by atoms with Gasteiger partial charge in [-0.05, 0) is 18.6 Å². The summed E-state index contributed by atoms with van der Waals surface area (Å²) in [6.07, 6.45) is 1.88. The Labute approximate surface area is 137 Å². The molecule has 0 saturated carbocycles. The second kappa shape index (κ2) is 9.36. The lowest BCUT2D eigenvalue weighted by molar-refractivity contribution is -0.123. The number of nitrogens with zero attached hydrogens (tertiary/aromatic N) is 1. The third-order valence-corrected chi connectivity index (χ3v) is 4.36. The number of ether oxygens (including phenoxy) is 2. The monoisotopic (exact) mass is 344 g/mol. The van der Waals surface area contributed by atoms with Crippen molar-refractivity contribution in [2.45, 2.75) is 13.3 Å². The highest BCUT2D eigenvalue weighted by atomic mass is 32.2. The summed E-state index contributed by atoms with van der Waals surface area (Å²) in [7, 11) is -1.73. The topological polar surface area (TPSA) is 84.9 Å². The maximum atomic E-state index is 11.8. The standard InChI is InChI=1S/C15H24N2O5S/c1-4-10-17(23(3,19)20)11-9-16-15(18)12-22-14-8-6-5-7-13(14)21-2/h5-8H,4,9-12H2,1-3H3,(H,16,18). The van der Waals surface area contributed by atoms with Crippen molar-refractivity contribution < 1.29 is 22.7 Å². The van der Waals surface area contributed by atoms with Crippen LogP contribution in [-0.4, -0.2) is 58.2 Å². The molecule has 0 bridgehead atoms. The minimum Gasteiger partial charge on any atom is -0.493 e. The van der Waals surface area contributed by atoms with E-state index in [-0.39, 0.29) is 25.6 Å². The van der Waals surface area contributed by atoms with E-state index < -0.39 is 10.0 Å². The molecule has 8 heteroatoms. The van der Waals surface area contributed by atoms with E-state index in [0.717, 1.165) is 12.7 Å². The van der Waals surface area contributed by atoms with Crippen molar-refractivity contribution >= 4 is 15.9 Å². The Hall–Kier alpha value is -1.80. The Bertz CT molecular complexity index is 604. The number of benzene rings is 1. The molecule has 0 spiro atoms. The number of amides is 1. The van der Waals surface area contributed by atoms with Gasteiger partial charge in [0.25, 0.3) is 5.91 Å². The molecule has 130 valence electrons. The van der Waals surface area contributed by atoms with Crippen molar-refractivity contribution in [3.8, 4) is 11.5 Å². The zero-order valence-corrected chi connectivity index (χ0v) is 14.6. The van der Waals surface area contributed by atoms with E-state index in [1.165, 1.54) is 11.4 Å². The van der Waals surface area contributed by atoms with E-state index in [1.807, 2.05) is 6.92 Å². The highest BCUT2D eigenvalue weighted by molar-refractivity contribution is 7.88. The van der Waals surface area contributed by atoms with Gasteiger partial charge in [-0.3, -0.25) is 4.79 Å². The Morgan fingerprint density at radius 1 is 1.22 bits per heavy atom. The van der Waals surface area contributed by atoms with Gasteiger partial charge in [0.05, 0.1) is 13.4 Å². The van der Waals surface area contributed by atoms with Crippen LogP contribution in [0, 0.1) is 0 Å². The molecule has 0 heterocycles.